The van der Waals surface area contributed by atoms with Crippen molar-refractivity contribution in [3.05, 3.63) is 23.8 Å². The van der Waals surface area contributed by atoms with Gasteiger partial charge < -0.3 is 20.8 Å². The molecule has 1 fully saturated rings. The highest BCUT2D eigenvalue weighted by Crippen LogP contribution is 2.24. The van der Waals surface area contributed by atoms with E-state index >= 15 is 0 Å². The molecule has 1 amide bonds. The number of nitrogens with one attached hydrogen (secondary N) is 2. The van der Waals surface area contributed by atoms with Crippen LogP contribution in [0, 0.1) is 0 Å². The lowest BCUT2D eigenvalue weighted by Crippen LogP contribution is -2.35. The minimum atomic E-state index is -0.114. The summed E-state index contributed by atoms with van der Waals surface area (Å²) < 4.78 is 0. The molecule has 1 atom stereocenters. The Labute approximate surface area is 99.5 Å². The largest absolute Gasteiger partial charge is 0.504 e. The Balaban J connectivity index is 1.78. The first-order valence-corrected chi connectivity index (χ1v) is 5.66. The molecule has 5 heteroatoms. The third-order valence-electron chi connectivity index (χ3n) is 2.84. The van der Waals surface area contributed by atoms with Crippen molar-refractivity contribution < 1.29 is 15.0 Å². The minimum absolute atomic E-state index is 0.110. The van der Waals surface area contributed by atoms with Crippen molar-refractivity contribution in [3.63, 3.8) is 0 Å². The Morgan fingerprint density at radius 3 is 2.82 bits per heavy atom. The van der Waals surface area contributed by atoms with Crippen molar-refractivity contribution in [3.8, 4) is 11.5 Å². The summed E-state index contributed by atoms with van der Waals surface area (Å²) in [6.07, 6.45) is 1.47. The van der Waals surface area contributed by atoms with Gasteiger partial charge >= 0.3 is 0 Å². The summed E-state index contributed by atoms with van der Waals surface area (Å²) in [7, 11) is 0. The molecule has 1 heterocycles. The van der Waals surface area contributed by atoms with Gasteiger partial charge in [-0.15, -0.1) is 0 Å². The predicted octanol–water partition coefficient (Wildman–Crippen LogP) is 0.466. The average Bonchev–Trinajstić information content (AvgIpc) is 2.70. The number of phenolic OH excluding ortho intramolecular Hbond substituents is 2. The van der Waals surface area contributed by atoms with E-state index in [0.717, 1.165) is 12.0 Å². The first kappa shape index (κ1) is 11.7. The van der Waals surface area contributed by atoms with Crippen LogP contribution in [0.15, 0.2) is 18.2 Å². The fraction of sp³-hybridized carbons (Fsp3) is 0.417. The molecule has 1 saturated heterocycles. The van der Waals surface area contributed by atoms with E-state index in [2.05, 4.69) is 10.6 Å². The molecular weight excluding hydrogens is 220 g/mol. The number of hydrogen-bond donors (Lipinski definition) is 4. The van der Waals surface area contributed by atoms with E-state index in [9.17, 15) is 9.90 Å². The molecule has 1 aromatic rings. The van der Waals surface area contributed by atoms with E-state index in [1.807, 2.05) is 0 Å². The van der Waals surface area contributed by atoms with E-state index in [0.29, 0.717) is 19.5 Å². The van der Waals surface area contributed by atoms with Gasteiger partial charge in [-0.3, -0.25) is 4.79 Å². The Hall–Kier alpha value is -1.75. The van der Waals surface area contributed by atoms with Crippen LogP contribution in [-0.2, 0) is 11.3 Å². The van der Waals surface area contributed by atoms with Gasteiger partial charge in [0.15, 0.2) is 11.5 Å². The summed E-state index contributed by atoms with van der Waals surface area (Å²) in [5.74, 6) is -0.116. The Kier molecular flexibility index (Phi) is 3.49. The van der Waals surface area contributed by atoms with Crippen LogP contribution in [0.1, 0.15) is 18.4 Å². The van der Waals surface area contributed by atoms with Crippen LogP contribution < -0.4 is 10.6 Å². The van der Waals surface area contributed by atoms with E-state index in [4.69, 9.17) is 5.11 Å². The van der Waals surface area contributed by atoms with Crippen LogP contribution in [0.25, 0.3) is 0 Å². The summed E-state index contributed by atoms with van der Waals surface area (Å²) in [6, 6.07) is 4.93. The molecule has 0 spiro atoms. The fourth-order valence-electron chi connectivity index (χ4n) is 1.90. The van der Waals surface area contributed by atoms with Crippen molar-refractivity contribution in [1.29, 1.82) is 0 Å². The number of carbonyl (C=O) groups is 1. The van der Waals surface area contributed by atoms with Crippen molar-refractivity contribution in [2.75, 3.05) is 6.54 Å². The second-order valence-corrected chi connectivity index (χ2v) is 4.26. The monoisotopic (exact) mass is 236 g/mol. The molecular formula is C12H16N2O3. The van der Waals surface area contributed by atoms with Gasteiger partial charge in [-0.1, -0.05) is 6.07 Å². The molecule has 4 N–H and O–H groups in total. The van der Waals surface area contributed by atoms with Gasteiger partial charge in [0, 0.05) is 25.6 Å². The van der Waals surface area contributed by atoms with Crippen molar-refractivity contribution in [2.24, 2.45) is 0 Å². The van der Waals surface area contributed by atoms with Gasteiger partial charge in [0.2, 0.25) is 5.91 Å². The maximum atomic E-state index is 11.0. The van der Waals surface area contributed by atoms with E-state index in [-0.39, 0.29) is 23.4 Å². The number of amides is 1. The highest BCUT2D eigenvalue weighted by molar-refractivity contribution is 5.78. The number of hydrogen-bond acceptors (Lipinski definition) is 4. The predicted molar refractivity (Wildman–Crippen MR) is 62.6 cm³/mol. The molecule has 1 aromatic carbocycles. The molecule has 5 nitrogen and oxygen atoms in total. The average molecular weight is 236 g/mol. The number of carbonyl (C=O) groups excluding carboxylic acids is 1. The zero-order chi connectivity index (χ0) is 12.3. The highest BCUT2D eigenvalue weighted by Gasteiger charge is 2.19. The lowest BCUT2D eigenvalue weighted by molar-refractivity contribution is -0.119. The molecule has 0 saturated carbocycles. The quantitative estimate of drug-likeness (QED) is 0.573. The number of benzene rings is 1. The van der Waals surface area contributed by atoms with Gasteiger partial charge in [0.25, 0.3) is 0 Å². The summed E-state index contributed by atoms with van der Waals surface area (Å²) in [4.78, 5) is 11.0. The molecule has 1 aliphatic heterocycles. The topological polar surface area (TPSA) is 81.6 Å². The first-order chi connectivity index (χ1) is 8.15. The number of phenols is 2. The Bertz CT molecular complexity index is 420. The van der Waals surface area contributed by atoms with Crippen molar-refractivity contribution in [2.45, 2.75) is 25.4 Å². The minimum Gasteiger partial charge on any atom is -0.504 e. The summed E-state index contributed by atoms with van der Waals surface area (Å²) in [5.41, 5.74) is 0.893. The molecule has 0 aliphatic carbocycles. The Morgan fingerprint density at radius 1 is 1.35 bits per heavy atom. The zero-order valence-corrected chi connectivity index (χ0v) is 9.44. The molecule has 1 unspecified atom stereocenters. The molecule has 92 valence electrons. The molecule has 0 aromatic heterocycles. The maximum absolute atomic E-state index is 11.0. The van der Waals surface area contributed by atoms with Crippen LogP contribution in [-0.4, -0.2) is 28.7 Å². The van der Waals surface area contributed by atoms with Crippen molar-refractivity contribution >= 4 is 5.91 Å². The normalized spacial score (nSPS) is 19.3. The smallest absolute Gasteiger partial charge is 0.220 e. The van der Waals surface area contributed by atoms with Crippen LogP contribution in [0.2, 0.25) is 0 Å². The van der Waals surface area contributed by atoms with Crippen molar-refractivity contribution in [1.82, 2.24) is 10.6 Å². The Morgan fingerprint density at radius 2 is 2.18 bits per heavy atom. The molecule has 0 radical (unpaired) electrons. The lowest BCUT2D eigenvalue weighted by Gasteiger charge is -2.11. The summed E-state index contributed by atoms with van der Waals surface area (Å²) >= 11 is 0. The SMILES string of the molecule is O=C1CCC(CNCc2ccc(O)c(O)c2)N1. The van der Waals surface area contributed by atoms with E-state index < -0.39 is 0 Å². The van der Waals surface area contributed by atoms with Crippen LogP contribution in [0.5, 0.6) is 11.5 Å². The van der Waals surface area contributed by atoms with Gasteiger partial charge in [-0.25, -0.2) is 0 Å². The highest BCUT2D eigenvalue weighted by atomic mass is 16.3. The van der Waals surface area contributed by atoms with Gasteiger partial charge in [-0.2, -0.15) is 0 Å². The maximum Gasteiger partial charge on any atom is 0.220 e. The fourth-order valence-corrected chi connectivity index (χ4v) is 1.90. The number of aromatic hydroxyl groups is 2. The second kappa shape index (κ2) is 5.05. The standard InChI is InChI=1S/C12H16N2O3/c15-10-3-1-8(5-11(10)16)6-13-7-9-2-4-12(17)14-9/h1,3,5,9,13,15-16H,2,4,6-7H2,(H,14,17). The van der Waals surface area contributed by atoms with Crippen LogP contribution in [0.4, 0.5) is 0 Å². The lowest BCUT2D eigenvalue weighted by atomic mass is 10.2. The third kappa shape index (κ3) is 3.10. The van der Waals surface area contributed by atoms with Crippen LogP contribution >= 0.6 is 0 Å². The van der Waals surface area contributed by atoms with Crippen LogP contribution in [0.3, 0.4) is 0 Å². The molecule has 2 rings (SSSR count). The first-order valence-electron chi connectivity index (χ1n) is 5.66. The van der Waals surface area contributed by atoms with Gasteiger partial charge in [0.1, 0.15) is 0 Å². The molecule has 17 heavy (non-hydrogen) atoms. The summed E-state index contributed by atoms with van der Waals surface area (Å²) in [5, 5.41) is 24.5. The molecule has 0 bridgehead atoms. The van der Waals surface area contributed by atoms with Gasteiger partial charge in [-0.05, 0) is 24.1 Å². The third-order valence-corrected chi connectivity index (χ3v) is 2.84. The van der Waals surface area contributed by atoms with E-state index in [1.165, 1.54) is 12.1 Å². The van der Waals surface area contributed by atoms with Gasteiger partial charge in [0.05, 0.1) is 0 Å². The zero-order valence-electron chi connectivity index (χ0n) is 9.44. The van der Waals surface area contributed by atoms with E-state index in [1.54, 1.807) is 6.07 Å². The second-order valence-electron chi connectivity index (χ2n) is 4.26. The number of rotatable bonds is 4. The summed E-state index contributed by atoms with van der Waals surface area (Å²) in [6.45, 7) is 1.31. The molecule has 1 aliphatic rings.